The van der Waals surface area contributed by atoms with Gasteiger partial charge in [-0.25, -0.2) is 0 Å². The first-order chi connectivity index (χ1) is 9.81. The normalized spacial score (nSPS) is 9.86. The van der Waals surface area contributed by atoms with Gasteiger partial charge in [0.15, 0.2) is 6.61 Å². The molecule has 0 aromatic heterocycles. The molecular weight excluding hydrogens is 290 g/mol. The summed E-state index contributed by atoms with van der Waals surface area (Å²) < 4.78 is 5.37. The minimum absolute atomic E-state index is 0.0234. The number of rotatable bonds is 6. The third kappa shape index (κ3) is 5.39. The van der Waals surface area contributed by atoms with E-state index in [1.165, 1.54) is 9.80 Å². The molecule has 1 aromatic rings. The lowest BCUT2D eigenvalue weighted by Gasteiger charge is -2.19. The molecule has 0 aliphatic carbocycles. The lowest BCUT2D eigenvalue weighted by atomic mass is 10.2. The summed E-state index contributed by atoms with van der Waals surface area (Å²) in [6.45, 7) is -0.112. The Labute approximate surface area is 129 Å². The van der Waals surface area contributed by atoms with Crippen molar-refractivity contribution in [3.63, 3.8) is 0 Å². The molecule has 21 heavy (non-hydrogen) atoms. The van der Waals surface area contributed by atoms with Crippen molar-refractivity contribution in [3.8, 4) is 5.75 Å². The van der Waals surface area contributed by atoms with Crippen molar-refractivity contribution in [1.82, 2.24) is 9.80 Å². The van der Waals surface area contributed by atoms with Gasteiger partial charge in [0, 0.05) is 26.7 Å². The topological polar surface area (TPSA) is 75.9 Å². The molecule has 2 N–H and O–H groups in total. The van der Waals surface area contributed by atoms with E-state index in [0.29, 0.717) is 10.7 Å². The van der Waals surface area contributed by atoms with Gasteiger partial charge in [0.25, 0.3) is 5.91 Å². The second-order valence-electron chi connectivity index (χ2n) is 4.72. The van der Waals surface area contributed by atoms with Gasteiger partial charge < -0.3 is 20.3 Å². The summed E-state index contributed by atoms with van der Waals surface area (Å²) >= 11 is 4.85. The maximum absolute atomic E-state index is 11.8. The van der Waals surface area contributed by atoms with Crippen LogP contribution in [0.4, 0.5) is 0 Å². The molecule has 6 nitrogen and oxygen atoms in total. The minimum atomic E-state index is -0.274. The Kier molecular flexibility index (Phi) is 6.10. The van der Waals surface area contributed by atoms with Crippen molar-refractivity contribution >= 4 is 29.0 Å². The summed E-state index contributed by atoms with van der Waals surface area (Å²) in [5.41, 5.74) is 6.22. The Morgan fingerprint density at radius 3 is 2.19 bits per heavy atom. The molecule has 0 fully saturated rings. The van der Waals surface area contributed by atoms with Crippen LogP contribution in [0.5, 0.6) is 5.75 Å². The Hall–Kier alpha value is -2.15. The van der Waals surface area contributed by atoms with Crippen molar-refractivity contribution < 1.29 is 14.3 Å². The van der Waals surface area contributed by atoms with Gasteiger partial charge in [0.2, 0.25) is 5.91 Å². The fraction of sp³-hybridized carbons (Fsp3) is 0.357. The number of benzene rings is 1. The Morgan fingerprint density at radius 1 is 1.14 bits per heavy atom. The van der Waals surface area contributed by atoms with E-state index < -0.39 is 0 Å². The minimum Gasteiger partial charge on any atom is -0.484 e. The van der Waals surface area contributed by atoms with Crippen LogP contribution in [0.15, 0.2) is 24.3 Å². The second-order valence-corrected chi connectivity index (χ2v) is 5.16. The van der Waals surface area contributed by atoms with Crippen LogP contribution >= 0.6 is 12.2 Å². The molecule has 0 radical (unpaired) electrons. The number of thiocarbonyl (C=S) groups is 1. The fourth-order valence-electron chi connectivity index (χ4n) is 1.40. The van der Waals surface area contributed by atoms with E-state index in [1.54, 1.807) is 45.4 Å². The zero-order valence-corrected chi connectivity index (χ0v) is 13.1. The van der Waals surface area contributed by atoms with E-state index in [0.717, 1.165) is 5.56 Å². The molecule has 0 saturated carbocycles. The molecule has 0 saturated heterocycles. The van der Waals surface area contributed by atoms with Crippen molar-refractivity contribution in [2.45, 2.75) is 0 Å². The lowest BCUT2D eigenvalue weighted by Crippen LogP contribution is -2.39. The molecule has 7 heteroatoms. The third-order valence-corrected chi connectivity index (χ3v) is 3.03. The summed E-state index contributed by atoms with van der Waals surface area (Å²) in [7, 11) is 4.84. The highest BCUT2D eigenvalue weighted by atomic mass is 32.1. The van der Waals surface area contributed by atoms with Crippen LogP contribution in [-0.2, 0) is 9.59 Å². The van der Waals surface area contributed by atoms with Crippen molar-refractivity contribution in [1.29, 1.82) is 0 Å². The Bertz CT molecular complexity index is 529. The predicted molar refractivity (Wildman–Crippen MR) is 84.2 cm³/mol. The van der Waals surface area contributed by atoms with E-state index in [2.05, 4.69) is 0 Å². The first kappa shape index (κ1) is 16.9. The quantitative estimate of drug-likeness (QED) is 0.762. The molecule has 0 atom stereocenters. The largest absolute Gasteiger partial charge is 0.484 e. The monoisotopic (exact) mass is 309 g/mol. The molecule has 1 rings (SSSR count). The number of nitrogens with zero attached hydrogens (tertiary/aromatic N) is 2. The molecule has 1 aromatic carbocycles. The number of amides is 2. The van der Waals surface area contributed by atoms with Gasteiger partial charge in [-0.3, -0.25) is 9.59 Å². The SMILES string of the molecule is CN(C)C(=O)CN(C)C(=O)COc1ccc(C(N)=S)cc1. The average Bonchev–Trinajstić information content (AvgIpc) is 2.44. The van der Waals surface area contributed by atoms with E-state index in [-0.39, 0.29) is 25.0 Å². The molecule has 0 unspecified atom stereocenters. The van der Waals surface area contributed by atoms with Gasteiger partial charge in [-0.2, -0.15) is 0 Å². The highest BCUT2D eigenvalue weighted by molar-refractivity contribution is 7.80. The zero-order chi connectivity index (χ0) is 16.0. The maximum atomic E-state index is 11.8. The molecule has 2 amide bonds. The van der Waals surface area contributed by atoms with E-state index in [1.807, 2.05) is 0 Å². The number of likely N-dealkylation sites (N-methyl/N-ethyl adjacent to an activating group) is 2. The highest BCUT2D eigenvalue weighted by Gasteiger charge is 2.14. The van der Waals surface area contributed by atoms with Crippen LogP contribution in [-0.4, -0.2) is 60.9 Å². The van der Waals surface area contributed by atoms with Crippen LogP contribution in [0.25, 0.3) is 0 Å². The summed E-state index contributed by atoms with van der Waals surface area (Å²) in [6.07, 6.45) is 0. The van der Waals surface area contributed by atoms with Gasteiger partial charge in [-0.15, -0.1) is 0 Å². The first-order valence-electron chi connectivity index (χ1n) is 6.28. The molecular formula is C14H19N3O3S. The van der Waals surface area contributed by atoms with Gasteiger partial charge in [0.05, 0.1) is 6.54 Å². The number of carbonyl (C=O) groups excluding carboxylic acids is 2. The van der Waals surface area contributed by atoms with Gasteiger partial charge in [-0.05, 0) is 24.3 Å². The number of hydrogen-bond donors (Lipinski definition) is 1. The Morgan fingerprint density at radius 2 is 1.71 bits per heavy atom. The highest BCUT2D eigenvalue weighted by Crippen LogP contribution is 2.12. The van der Waals surface area contributed by atoms with Crippen LogP contribution in [0.2, 0.25) is 0 Å². The fourth-order valence-corrected chi connectivity index (χ4v) is 1.54. The lowest BCUT2D eigenvalue weighted by molar-refractivity contribution is -0.139. The van der Waals surface area contributed by atoms with Crippen LogP contribution in [0.1, 0.15) is 5.56 Å². The van der Waals surface area contributed by atoms with Crippen LogP contribution < -0.4 is 10.5 Å². The predicted octanol–water partition coefficient (Wildman–Crippen LogP) is 0.246. The van der Waals surface area contributed by atoms with E-state index >= 15 is 0 Å². The summed E-state index contributed by atoms with van der Waals surface area (Å²) in [5.74, 6) is 0.117. The molecule has 0 aliphatic heterocycles. The van der Waals surface area contributed by atoms with Gasteiger partial charge >= 0.3 is 0 Å². The van der Waals surface area contributed by atoms with E-state index in [9.17, 15) is 9.59 Å². The van der Waals surface area contributed by atoms with Gasteiger partial charge in [0.1, 0.15) is 10.7 Å². The second kappa shape index (κ2) is 7.58. The number of carbonyl (C=O) groups is 2. The maximum Gasteiger partial charge on any atom is 0.260 e. The van der Waals surface area contributed by atoms with Crippen molar-refractivity contribution in [3.05, 3.63) is 29.8 Å². The molecule has 114 valence electrons. The van der Waals surface area contributed by atoms with Gasteiger partial charge in [-0.1, -0.05) is 12.2 Å². The molecule has 0 heterocycles. The van der Waals surface area contributed by atoms with Crippen LogP contribution in [0.3, 0.4) is 0 Å². The van der Waals surface area contributed by atoms with E-state index in [4.69, 9.17) is 22.7 Å². The number of ether oxygens (including phenoxy) is 1. The summed E-state index contributed by atoms with van der Waals surface area (Å²) in [4.78, 5) is 26.4. The molecule has 0 spiro atoms. The summed E-state index contributed by atoms with van der Waals surface area (Å²) in [5, 5.41) is 0. The molecule has 0 bridgehead atoms. The standard InChI is InChI=1S/C14H19N3O3S/c1-16(2)12(18)8-17(3)13(19)9-20-11-6-4-10(5-7-11)14(15)21/h4-7H,8-9H2,1-3H3,(H2,15,21). The Balaban J connectivity index is 2.48. The van der Waals surface area contributed by atoms with Crippen LogP contribution in [0, 0.1) is 0 Å². The summed E-state index contributed by atoms with van der Waals surface area (Å²) in [6, 6.07) is 6.82. The third-order valence-electron chi connectivity index (χ3n) is 2.80. The van der Waals surface area contributed by atoms with Crippen molar-refractivity contribution in [2.24, 2.45) is 5.73 Å². The molecule has 0 aliphatic rings. The zero-order valence-electron chi connectivity index (χ0n) is 12.3. The number of hydrogen-bond acceptors (Lipinski definition) is 4. The smallest absolute Gasteiger partial charge is 0.260 e. The first-order valence-corrected chi connectivity index (χ1v) is 6.69. The number of nitrogens with two attached hydrogens (primary N) is 1. The van der Waals surface area contributed by atoms with Crippen molar-refractivity contribution in [2.75, 3.05) is 34.3 Å². The average molecular weight is 309 g/mol.